The summed E-state index contributed by atoms with van der Waals surface area (Å²) in [6.07, 6.45) is 2.78. The summed E-state index contributed by atoms with van der Waals surface area (Å²) < 4.78 is 48.3. The smallest absolute Gasteiger partial charge is 0.258 e. The van der Waals surface area contributed by atoms with Crippen molar-refractivity contribution in [3.8, 4) is 5.75 Å². The maximum absolute atomic E-state index is 14.4. The van der Waals surface area contributed by atoms with E-state index in [9.17, 15) is 17.6 Å². The summed E-state index contributed by atoms with van der Waals surface area (Å²) >= 11 is 0. The lowest BCUT2D eigenvalue weighted by atomic mass is 9.78. The molecule has 2 N–H and O–H groups in total. The molecule has 1 saturated carbocycles. The fraction of sp³-hybridized carbons (Fsp3) is 0.435. The molecule has 0 saturated heterocycles. The first-order chi connectivity index (χ1) is 14.6. The molecule has 3 atom stereocenters. The van der Waals surface area contributed by atoms with E-state index in [4.69, 9.17) is 4.74 Å². The number of hydrogen-bond acceptors (Lipinski definition) is 4. The van der Waals surface area contributed by atoms with E-state index in [-0.39, 0.29) is 22.4 Å². The summed E-state index contributed by atoms with van der Waals surface area (Å²) in [5.41, 5.74) is 0.910. The number of hydrogen-bond donors (Lipinski definition) is 2. The molecule has 3 rings (SSSR count). The average molecular weight is 449 g/mol. The van der Waals surface area contributed by atoms with Gasteiger partial charge in [-0.1, -0.05) is 32.8 Å². The number of carbonyl (C=O) groups is 1. The van der Waals surface area contributed by atoms with E-state index >= 15 is 0 Å². The summed E-state index contributed by atoms with van der Waals surface area (Å²) in [6.45, 7) is 6.00. The van der Waals surface area contributed by atoms with Gasteiger partial charge in [0.2, 0.25) is 10.0 Å². The van der Waals surface area contributed by atoms with Crippen LogP contribution in [-0.2, 0) is 10.0 Å². The molecule has 0 bridgehead atoms. The van der Waals surface area contributed by atoms with Crippen LogP contribution in [0.1, 0.15) is 49.0 Å². The highest BCUT2D eigenvalue weighted by atomic mass is 32.2. The normalized spacial score (nSPS) is 21.5. The zero-order valence-corrected chi connectivity index (χ0v) is 19.1. The first-order valence-corrected chi connectivity index (χ1v) is 11.9. The number of rotatable bonds is 6. The molecule has 0 aliphatic heterocycles. The molecule has 168 valence electrons. The minimum atomic E-state index is -3.90. The summed E-state index contributed by atoms with van der Waals surface area (Å²) in [5.74, 6) is -0.521. The third kappa shape index (κ3) is 5.25. The standard InChI is InChI=1S/C23H29FN2O4S/c1-14-8-11-22(30-4)21(12-14)25-23(27)18-13-17(9-10-19(18)24)31(28,29)26-20-7-5-6-15(2)16(20)3/h8-13,15-16,20,26H,5-7H2,1-4H3,(H,25,27)/t15-,16+,20+/m0/s1. The Morgan fingerprint density at radius 3 is 2.58 bits per heavy atom. The number of benzene rings is 2. The number of anilines is 1. The second kappa shape index (κ2) is 9.36. The van der Waals surface area contributed by atoms with Crippen LogP contribution in [0.3, 0.4) is 0 Å². The summed E-state index contributed by atoms with van der Waals surface area (Å²) in [6, 6.07) is 8.28. The molecule has 0 aromatic heterocycles. The monoisotopic (exact) mass is 448 g/mol. The molecule has 1 fully saturated rings. The highest BCUT2D eigenvalue weighted by Crippen LogP contribution is 2.31. The molecule has 2 aromatic carbocycles. The molecule has 1 aliphatic carbocycles. The number of ether oxygens (including phenoxy) is 1. The molecule has 8 heteroatoms. The van der Waals surface area contributed by atoms with Crippen molar-refractivity contribution >= 4 is 21.6 Å². The molecule has 0 heterocycles. The Labute approximate surface area is 183 Å². The minimum Gasteiger partial charge on any atom is -0.495 e. The number of methoxy groups -OCH3 is 1. The lowest BCUT2D eigenvalue weighted by molar-refractivity contribution is 0.102. The number of amides is 1. The summed E-state index contributed by atoms with van der Waals surface area (Å²) in [5, 5.41) is 2.61. The molecule has 1 amide bonds. The van der Waals surface area contributed by atoms with Gasteiger partial charge in [0.1, 0.15) is 11.6 Å². The SMILES string of the molecule is COc1ccc(C)cc1NC(=O)c1cc(S(=O)(=O)N[C@@H]2CCC[C@H](C)[C@H]2C)ccc1F. The van der Waals surface area contributed by atoms with Gasteiger partial charge in [0, 0.05) is 6.04 Å². The molecule has 31 heavy (non-hydrogen) atoms. The van der Waals surface area contributed by atoms with Crippen molar-refractivity contribution in [1.82, 2.24) is 4.72 Å². The van der Waals surface area contributed by atoms with Gasteiger partial charge in [-0.05, 0) is 61.1 Å². The second-order valence-corrected chi connectivity index (χ2v) is 10.0. The van der Waals surface area contributed by atoms with Gasteiger partial charge in [-0.2, -0.15) is 0 Å². The molecule has 0 spiro atoms. The number of nitrogens with one attached hydrogen (secondary N) is 2. The van der Waals surface area contributed by atoms with Crippen LogP contribution in [0.5, 0.6) is 5.75 Å². The highest BCUT2D eigenvalue weighted by Gasteiger charge is 2.31. The van der Waals surface area contributed by atoms with Crippen LogP contribution in [0.25, 0.3) is 0 Å². The largest absolute Gasteiger partial charge is 0.495 e. The van der Waals surface area contributed by atoms with Gasteiger partial charge in [-0.3, -0.25) is 4.79 Å². The minimum absolute atomic E-state index is 0.138. The Bertz CT molecular complexity index is 1070. The zero-order chi connectivity index (χ0) is 22.8. The van der Waals surface area contributed by atoms with Crippen LogP contribution < -0.4 is 14.8 Å². The topological polar surface area (TPSA) is 84.5 Å². The van der Waals surface area contributed by atoms with Crippen molar-refractivity contribution in [3.63, 3.8) is 0 Å². The molecule has 0 unspecified atom stereocenters. The van der Waals surface area contributed by atoms with Gasteiger partial charge in [-0.15, -0.1) is 0 Å². The first-order valence-electron chi connectivity index (χ1n) is 10.4. The van der Waals surface area contributed by atoms with Crippen molar-refractivity contribution in [2.24, 2.45) is 11.8 Å². The molecule has 6 nitrogen and oxygen atoms in total. The predicted molar refractivity (Wildman–Crippen MR) is 118 cm³/mol. The number of sulfonamides is 1. The van der Waals surface area contributed by atoms with E-state index in [2.05, 4.69) is 17.0 Å². The molecule has 1 aliphatic rings. The lowest BCUT2D eigenvalue weighted by Crippen LogP contribution is -2.43. The second-order valence-electron chi connectivity index (χ2n) is 8.29. The van der Waals surface area contributed by atoms with Crippen molar-refractivity contribution in [3.05, 3.63) is 53.3 Å². The van der Waals surface area contributed by atoms with E-state index in [0.717, 1.165) is 37.0 Å². The average Bonchev–Trinajstić information content (AvgIpc) is 2.71. The van der Waals surface area contributed by atoms with Crippen LogP contribution in [0.4, 0.5) is 10.1 Å². The maximum Gasteiger partial charge on any atom is 0.258 e. The van der Waals surface area contributed by atoms with Crippen molar-refractivity contribution in [2.75, 3.05) is 12.4 Å². The van der Waals surface area contributed by atoms with Crippen molar-refractivity contribution in [1.29, 1.82) is 0 Å². The quantitative estimate of drug-likeness (QED) is 0.682. The van der Waals surface area contributed by atoms with E-state index in [1.165, 1.54) is 13.2 Å². The van der Waals surface area contributed by atoms with Crippen LogP contribution in [0, 0.1) is 24.6 Å². The predicted octanol–water partition coefficient (Wildman–Crippen LogP) is 4.50. The number of halogens is 1. The van der Waals surface area contributed by atoms with Crippen LogP contribution >= 0.6 is 0 Å². The van der Waals surface area contributed by atoms with Gasteiger partial charge >= 0.3 is 0 Å². The van der Waals surface area contributed by atoms with E-state index in [0.29, 0.717) is 17.4 Å². The first kappa shape index (κ1) is 23.2. The Morgan fingerprint density at radius 2 is 1.87 bits per heavy atom. The zero-order valence-electron chi connectivity index (χ0n) is 18.2. The Hall–Kier alpha value is -2.45. The van der Waals surface area contributed by atoms with Gasteiger partial charge in [-0.25, -0.2) is 17.5 Å². The maximum atomic E-state index is 14.4. The highest BCUT2D eigenvalue weighted by molar-refractivity contribution is 7.89. The third-order valence-corrected chi connectivity index (χ3v) is 7.60. The fourth-order valence-electron chi connectivity index (χ4n) is 3.97. The van der Waals surface area contributed by atoms with Gasteiger partial charge in [0.25, 0.3) is 5.91 Å². The van der Waals surface area contributed by atoms with E-state index in [1.807, 2.05) is 19.9 Å². The van der Waals surface area contributed by atoms with Gasteiger partial charge in [0.15, 0.2) is 0 Å². The van der Waals surface area contributed by atoms with Gasteiger partial charge < -0.3 is 10.1 Å². The number of aryl methyl sites for hydroxylation is 1. The van der Waals surface area contributed by atoms with Crippen LogP contribution in [0.2, 0.25) is 0 Å². The van der Waals surface area contributed by atoms with Crippen LogP contribution in [-0.4, -0.2) is 27.5 Å². The fourth-order valence-corrected chi connectivity index (χ4v) is 5.36. The molecular formula is C23H29FN2O4S. The summed E-state index contributed by atoms with van der Waals surface area (Å²) in [4.78, 5) is 12.6. The van der Waals surface area contributed by atoms with Crippen LogP contribution in [0.15, 0.2) is 41.3 Å². The lowest BCUT2D eigenvalue weighted by Gasteiger charge is -2.34. The van der Waals surface area contributed by atoms with Crippen molar-refractivity contribution < 1.29 is 22.3 Å². The van der Waals surface area contributed by atoms with E-state index < -0.39 is 21.7 Å². The van der Waals surface area contributed by atoms with Gasteiger partial charge in [0.05, 0.1) is 23.3 Å². The Balaban J connectivity index is 1.86. The Kier molecular flexibility index (Phi) is 7.01. The van der Waals surface area contributed by atoms with E-state index in [1.54, 1.807) is 12.1 Å². The third-order valence-electron chi connectivity index (χ3n) is 6.11. The number of carbonyl (C=O) groups excluding carboxylic acids is 1. The molecular weight excluding hydrogens is 419 g/mol. The van der Waals surface area contributed by atoms with Crippen molar-refractivity contribution in [2.45, 2.75) is 51.0 Å². The summed E-state index contributed by atoms with van der Waals surface area (Å²) in [7, 11) is -2.44. The molecule has 2 aromatic rings. The Morgan fingerprint density at radius 1 is 1.13 bits per heavy atom. The molecule has 0 radical (unpaired) electrons.